The van der Waals surface area contributed by atoms with E-state index in [0.29, 0.717) is 22.4 Å². The van der Waals surface area contributed by atoms with Crippen molar-refractivity contribution in [1.82, 2.24) is 9.97 Å². The van der Waals surface area contributed by atoms with Crippen molar-refractivity contribution in [2.75, 3.05) is 11.5 Å². The molecular weight excluding hydrogens is 459 g/mol. The van der Waals surface area contributed by atoms with E-state index in [9.17, 15) is 4.39 Å². The average molecular weight is 495 g/mol. The summed E-state index contributed by atoms with van der Waals surface area (Å²) in [6.45, 7) is 4.42. The minimum absolute atomic E-state index is 0.393. The molecule has 34 heavy (non-hydrogen) atoms. The number of aryl methyl sites for hydroxylation is 1. The van der Waals surface area contributed by atoms with Gasteiger partial charge in [0, 0.05) is 17.3 Å². The normalized spacial score (nSPS) is 18.2. The molecule has 1 saturated heterocycles. The first-order valence-corrected chi connectivity index (χ1v) is 14.7. The van der Waals surface area contributed by atoms with Crippen molar-refractivity contribution in [3.63, 3.8) is 0 Å². The largest absolute Gasteiger partial charge is 0.236 e. The van der Waals surface area contributed by atoms with Gasteiger partial charge in [-0.25, -0.2) is 4.98 Å². The second-order valence-electron chi connectivity index (χ2n) is 9.17. The van der Waals surface area contributed by atoms with Gasteiger partial charge in [-0.3, -0.25) is 0 Å². The molecule has 0 aliphatic carbocycles. The number of halogens is 1. The molecule has 0 N–H and O–H groups in total. The quantitative estimate of drug-likeness (QED) is 0.207. The van der Waals surface area contributed by atoms with E-state index in [4.69, 9.17) is 0 Å². The van der Waals surface area contributed by atoms with Crippen LogP contribution in [0.4, 0.5) is 4.39 Å². The van der Waals surface area contributed by atoms with E-state index in [0.717, 1.165) is 36.3 Å². The Bertz CT molecular complexity index is 1030. The maximum Gasteiger partial charge on any atom is 0.219 e. The molecule has 0 atom stereocenters. The van der Waals surface area contributed by atoms with Crippen molar-refractivity contribution >= 4 is 23.5 Å². The fourth-order valence-corrected chi connectivity index (χ4v) is 7.47. The summed E-state index contributed by atoms with van der Waals surface area (Å²) in [6.07, 6.45) is 9.57. The number of unbranched alkanes of at least 4 members (excludes halogenated alkanes) is 3. The molecule has 0 spiro atoms. The number of benzene rings is 2. The lowest BCUT2D eigenvalue weighted by atomic mass is 10.0. The van der Waals surface area contributed by atoms with Crippen LogP contribution in [-0.2, 0) is 6.42 Å². The topological polar surface area (TPSA) is 25.8 Å². The van der Waals surface area contributed by atoms with Gasteiger partial charge in [0.05, 0.1) is 4.58 Å². The highest BCUT2D eigenvalue weighted by Crippen LogP contribution is 2.46. The SMILES string of the molecule is CCCCCc1cnc(-c2ccc(-c3ccc(C4SCC(CCCC)CS4)cc3)cc2)nc1F. The van der Waals surface area contributed by atoms with Gasteiger partial charge in [-0.05, 0) is 53.4 Å². The molecule has 1 fully saturated rings. The maximum absolute atomic E-state index is 14.4. The lowest BCUT2D eigenvalue weighted by Crippen LogP contribution is -2.14. The fourth-order valence-electron chi connectivity index (χ4n) is 4.30. The van der Waals surface area contributed by atoms with Gasteiger partial charge in [0.15, 0.2) is 5.82 Å². The molecule has 0 radical (unpaired) electrons. The van der Waals surface area contributed by atoms with E-state index < -0.39 is 5.95 Å². The number of hydrogen-bond donors (Lipinski definition) is 0. The molecule has 180 valence electrons. The first-order chi connectivity index (χ1) is 16.7. The molecule has 0 unspecified atom stereocenters. The van der Waals surface area contributed by atoms with Crippen molar-refractivity contribution in [2.24, 2.45) is 5.92 Å². The first-order valence-electron chi connectivity index (χ1n) is 12.6. The molecule has 2 aromatic carbocycles. The highest BCUT2D eigenvalue weighted by atomic mass is 32.2. The predicted molar refractivity (Wildman–Crippen MR) is 147 cm³/mol. The minimum atomic E-state index is -0.393. The minimum Gasteiger partial charge on any atom is -0.236 e. The predicted octanol–water partition coefficient (Wildman–Crippen LogP) is 8.97. The van der Waals surface area contributed by atoms with Crippen LogP contribution >= 0.6 is 23.5 Å². The zero-order valence-corrected chi connectivity index (χ0v) is 21.9. The van der Waals surface area contributed by atoms with Crippen LogP contribution in [0.5, 0.6) is 0 Å². The summed E-state index contributed by atoms with van der Waals surface area (Å²) in [6, 6.07) is 17.1. The number of aromatic nitrogens is 2. The van der Waals surface area contributed by atoms with E-state index in [1.807, 2.05) is 12.1 Å². The fraction of sp³-hybridized carbons (Fsp3) is 0.448. The van der Waals surface area contributed by atoms with Gasteiger partial charge in [0.25, 0.3) is 0 Å². The standard InChI is InChI=1S/C29H35FN2S2/c1-3-5-7-9-26-18-31-28(32-27(26)30)24-14-10-22(11-15-24)23-12-16-25(17-13-23)29-33-19-21(20-34-29)8-6-4-2/h10-18,21,29H,3-9,19-20H2,1-2H3. The molecule has 0 bridgehead atoms. The summed E-state index contributed by atoms with van der Waals surface area (Å²) < 4.78 is 15.0. The summed E-state index contributed by atoms with van der Waals surface area (Å²) >= 11 is 4.20. The first kappa shape index (κ1) is 25.2. The summed E-state index contributed by atoms with van der Waals surface area (Å²) in [5.41, 5.74) is 5.20. The Labute approximate surface area is 212 Å². The third-order valence-electron chi connectivity index (χ3n) is 6.45. The van der Waals surface area contributed by atoms with Gasteiger partial charge in [0.2, 0.25) is 5.95 Å². The van der Waals surface area contributed by atoms with Crippen LogP contribution in [0.2, 0.25) is 0 Å². The molecule has 5 heteroatoms. The maximum atomic E-state index is 14.4. The van der Waals surface area contributed by atoms with Crippen LogP contribution < -0.4 is 0 Å². The Balaban J connectivity index is 1.37. The highest BCUT2D eigenvalue weighted by Gasteiger charge is 2.23. The Morgan fingerprint density at radius 2 is 1.44 bits per heavy atom. The van der Waals surface area contributed by atoms with Gasteiger partial charge in [-0.1, -0.05) is 88.1 Å². The third kappa shape index (κ3) is 6.63. The lowest BCUT2D eigenvalue weighted by Gasteiger charge is -2.28. The van der Waals surface area contributed by atoms with Crippen molar-refractivity contribution in [3.05, 3.63) is 71.8 Å². The lowest BCUT2D eigenvalue weighted by molar-refractivity contribution is 0.556. The van der Waals surface area contributed by atoms with Crippen LogP contribution in [0.1, 0.15) is 68.1 Å². The summed E-state index contributed by atoms with van der Waals surface area (Å²) in [4.78, 5) is 8.55. The number of thioether (sulfide) groups is 2. The molecule has 1 aliphatic rings. The van der Waals surface area contributed by atoms with E-state index in [1.54, 1.807) is 6.20 Å². The zero-order chi connectivity index (χ0) is 23.8. The van der Waals surface area contributed by atoms with Gasteiger partial charge in [0.1, 0.15) is 0 Å². The van der Waals surface area contributed by atoms with Crippen LogP contribution in [-0.4, -0.2) is 21.5 Å². The summed E-state index contributed by atoms with van der Waals surface area (Å²) in [7, 11) is 0. The van der Waals surface area contributed by atoms with Crippen molar-refractivity contribution in [1.29, 1.82) is 0 Å². The van der Waals surface area contributed by atoms with Crippen molar-refractivity contribution < 1.29 is 4.39 Å². The van der Waals surface area contributed by atoms with Crippen LogP contribution in [0, 0.1) is 11.9 Å². The number of nitrogens with zero attached hydrogens (tertiary/aromatic N) is 2. The zero-order valence-electron chi connectivity index (χ0n) is 20.3. The molecule has 1 aromatic heterocycles. The van der Waals surface area contributed by atoms with E-state index in [-0.39, 0.29) is 0 Å². The van der Waals surface area contributed by atoms with Crippen molar-refractivity contribution in [2.45, 2.75) is 63.4 Å². The van der Waals surface area contributed by atoms with Crippen LogP contribution in [0.15, 0.2) is 54.7 Å². The molecule has 2 nitrogen and oxygen atoms in total. The monoisotopic (exact) mass is 494 g/mol. The smallest absolute Gasteiger partial charge is 0.219 e. The molecule has 0 amide bonds. The van der Waals surface area contributed by atoms with E-state index in [2.05, 4.69) is 83.7 Å². The summed E-state index contributed by atoms with van der Waals surface area (Å²) in [5.74, 6) is 3.49. The average Bonchev–Trinajstić information content (AvgIpc) is 2.89. The molecule has 2 heterocycles. The molecular formula is C29H35FN2S2. The molecule has 4 rings (SSSR count). The number of rotatable bonds is 10. The van der Waals surface area contributed by atoms with E-state index >= 15 is 0 Å². The third-order valence-corrected chi connectivity index (χ3v) is 9.75. The summed E-state index contributed by atoms with van der Waals surface area (Å²) in [5, 5.41) is 0. The second-order valence-corrected chi connectivity index (χ2v) is 11.7. The van der Waals surface area contributed by atoms with Gasteiger partial charge in [-0.15, -0.1) is 23.5 Å². The number of hydrogen-bond acceptors (Lipinski definition) is 4. The molecule has 0 saturated carbocycles. The highest BCUT2D eigenvalue weighted by molar-refractivity contribution is 8.16. The second kappa shape index (κ2) is 12.7. The van der Waals surface area contributed by atoms with Crippen molar-refractivity contribution in [3.8, 4) is 22.5 Å². The van der Waals surface area contributed by atoms with Gasteiger partial charge in [-0.2, -0.15) is 9.37 Å². The van der Waals surface area contributed by atoms with Crippen LogP contribution in [0.25, 0.3) is 22.5 Å². The molecule has 3 aromatic rings. The Morgan fingerprint density at radius 1 is 0.824 bits per heavy atom. The van der Waals surface area contributed by atoms with E-state index in [1.165, 1.54) is 41.9 Å². The van der Waals surface area contributed by atoms with Crippen LogP contribution in [0.3, 0.4) is 0 Å². The Hall–Kier alpha value is -1.85. The van der Waals surface area contributed by atoms with Gasteiger partial charge < -0.3 is 0 Å². The van der Waals surface area contributed by atoms with Gasteiger partial charge >= 0.3 is 0 Å². The Kier molecular flexibility index (Phi) is 9.46. The Morgan fingerprint density at radius 3 is 2.06 bits per heavy atom. The molecule has 1 aliphatic heterocycles.